The van der Waals surface area contributed by atoms with Crippen LogP contribution in [0.15, 0.2) is 34.5 Å². The third-order valence-electron chi connectivity index (χ3n) is 1.90. The predicted molar refractivity (Wildman–Crippen MR) is 60.8 cm³/mol. The van der Waals surface area contributed by atoms with Crippen LogP contribution in [0.1, 0.15) is 17.3 Å². The summed E-state index contributed by atoms with van der Waals surface area (Å²) in [7, 11) is 0. The number of hydrogen-bond acceptors (Lipinski definition) is 5. The van der Waals surface area contributed by atoms with Crippen molar-refractivity contribution < 1.29 is 4.79 Å². The molecule has 0 aliphatic heterocycles. The van der Waals surface area contributed by atoms with Crippen molar-refractivity contribution in [3.63, 3.8) is 0 Å². The maximum Gasteiger partial charge on any atom is 0.252 e. The number of benzene rings is 1. The van der Waals surface area contributed by atoms with Gasteiger partial charge >= 0.3 is 0 Å². The van der Waals surface area contributed by atoms with Gasteiger partial charge in [0.1, 0.15) is 12.1 Å². The van der Waals surface area contributed by atoms with Gasteiger partial charge in [0, 0.05) is 5.56 Å². The first-order valence-electron chi connectivity index (χ1n) is 4.56. The van der Waals surface area contributed by atoms with Crippen molar-refractivity contribution >= 4 is 22.5 Å². The van der Waals surface area contributed by atoms with Crippen LogP contribution in [0.5, 0.6) is 0 Å². The zero-order valence-electron chi connectivity index (χ0n) is 8.88. The molecule has 0 aliphatic rings. The van der Waals surface area contributed by atoms with E-state index in [0.717, 1.165) is 0 Å². The van der Waals surface area contributed by atoms with Crippen LogP contribution in [-0.4, -0.2) is 10.8 Å². The number of carbonyl (C=O) groups is 1. The van der Waals surface area contributed by atoms with Crippen LogP contribution in [0.3, 0.4) is 0 Å². The average molecular weight is 247 g/mol. The smallest absolute Gasteiger partial charge is 0.252 e. The predicted octanol–water partition coefficient (Wildman–Crippen LogP) is 2.96. The van der Waals surface area contributed by atoms with Crippen molar-refractivity contribution in [2.75, 3.05) is 0 Å². The molecule has 84 valence electrons. The second-order valence-corrected chi connectivity index (χ2v) is 3.66. The first-order valence-corrected chi connectivity index (χ1v) is 4.94. The van der Waals surface area contributed by atoms with Crippen LogP contribution in [0.4, 0.5) is 5.69 Å². The summed E-state index contributed by atoms with van der Waals surface area (Å²) >= 11 is 5.27. The molecule has 1 rings (SSSR count). The fourth-order valence-electron chi connectivity index (χ4n) is 0.887. The molecule has 0 saturated carbocycles. The Balaban J connectivity index is 2.91. The number of azo groups is 1. The molecule has 1 aromatic rings. The SMILES string of the molecule is CC(C#N)(C#N)N=Nc1ccc(C(=O)Cl)cc1. The summed E-state index contributed by atoms with van der Waals surface area (Å²) in [5.41, 5.74) is -0.724. The molecule has 0 aromatic heterocycles. The molecular formula is C11H7ClN4O. The minimum absolute atomic E-state index is 0.342. The summed E-state index contributed by atoms with van der Waals surface area (Å²) < 4.78 is 0. The summed E-state index contributed by atoms with van der Waals surface area (Å²) in [5.74, 6) is 0. The van der Waals surface area contributed by atoms with Gasteiger partial charge < -0.3 is 0 Å². The summed E-state index contributed by atoms with van der Waals surface area (Å²) in [4.78, 5) is 10.8. The van der Waals surface area contributed by atoms with Gasteiger partial charge in [-0.1, -0.05) is 0 Å². The Morgan fingerprint density at radius 1 is 1.29 bits per heavy atom. The van der Waals surface area contributed by atoms with E-state index < -0.39 is 10.8 Å². The van der Waals surface area contributed by atoms with E-state index in [1.54, 1.807) is 12.1 Å². The zero-order valence-corrected chi connectivity index (χ0v) is 9.64. The maximum atomic E-state index is 10.8. The van der Waals surface area contributed by atoms with Gasteiger partial charge in [-0.2, -0.15) is 20.8 Å². The molecule has 0 fully saturated rings. The van der Waals surface area contributed by atoms with Crippen LogP contribution < -0.4 is 0 Å². The third-order valence-corrected chi connectivity index (χ3v) is 2.11. The molecule has 0 bridgehead atoms. The molecule has 6 heteroatoms. The van der Waals surface area contributed by atoms with Gasteiger partial charge in [0.05, 0.1) is 5.69 Å². The van der Waals surface area contributed by atoms with Crippen molar-refractivity contribution in [3.8, 4) is 12.1 Å². The number of halogens is 1. The van der Waals surface area contributed by atoms with Gasteiger partial charge in [-0.25, -0.2) is 0 Å². The summed E-state index contributed by atoms with van der Waals surface area (Å²) in [5, 5.41) is 24.2. The van der Waals surface area contributed by atoms with E-state index in [1.807, 2.05) is 0 Å². The molecule has 0 heterocycles. The van der Waals surface area contributed by atoms with Crippen molar-refractivity contribution in [2.45, 2.75) is 12.5 Å². The van der Waals surface area contributed by atoms with E-state index in [9.17, 15) is 4.79 Å². The first kappa shape index (κ1) is 12.8. The number of carbonyl (C=O) groups excluding carboxylic acids is 1. The Hall–Kier alpha value is -2.24. The Kier molecular flexibility index (Phi) is 3.92. The Morgan fingerprint density at radius 3 is 2.24 bits per heavy atom. The highest BCUT2D eigenvalue weighted by molar-refractivity contribution is 6.67. The molecule has 0 unspecified atom stereocenters. The molecule has 1 aromatic carbocycles. The van der Waals surface area contributed by atoms with Gasteiger partial charge in [0.25, 0.3) is 5.24 Å². The summed E-state index contributed by atoms with van der Waals surface area (Å²) in [6, 6.07) is 9.48. The van der Waals surface area contributed by atoms with Gasteiger partial charge in [-0.3, -0.25) is 4.79 Å². The largest absolute Gasteiger partial charge is 0.276 e. The molecule has 0 spiro atoms. The number of hydrogen-bond donors (Lipinski definition) is 0. The highest BCUT2D eigenvalue weighted by Crippen LogP contribution is 2.17. The lowest BCUT2D eigenvalue weighted by atomic mass is 10.1. The summed E-state index contributed by atoms with van der Waals surface area (Å²) in [6.07, 6.45) is 0. The number of nitriles is 2. The second kappa shape index (κ2) is 5.20. The second-order valence-electron chi connectivity index (χ2n) is 3.32. The monoisotopic (exact) mass is 246 g/mol. The van der Waals surface area contributed by atoms with E-state index in [0.29, 0.717) is 11.3 Å². The third kappa shape index (κ3) is 3.37. The van der Waals surface area contributed by atoms with E-state index in [1.165, 1.54) is 31.2 Å². The van der Waals surface area contributed by atoms with Crippen molar-refractivity contribution in [2.24, 2.45) is 10.2 Å². The minimum Gasteiger partial charge on any atom is -0.276 e. The normalized spacial score (nSPS) is 10.8. The molecule has 5 nitrogen and oxygen atoms in total. The van der Waals surface area contributed by atoms with Crippen LogP contribution in [0.2, 0.25) is 0 Å². The molecule has 0 radical (unpaired) electrons. The Labute approximate surface area is 103 Å². The van der Waals surface area contributed by atoms with E-state index >= 15 is 0 Å². The van der Waals surface area contributed by atoms with E-state index in [-0.39, 0.29) is 0 Å². The van der Waals surface area contributed by atoms with Crippen molar-refractivity contribution in [1.82, 2.24) is 0 Å². The Bertz CT molecular complexity index is 522. The Morgan fingerprint density at radius 2 is 1.82 bits per heavy atom. The number of rotatable bonds is 3. The van der Waals surface area contributed by atoms with Crippen molar-refractivity contribution in [1.29, 1.82) is 10.5 Å². The van der Waals surface area contributed by atoms with Gasteiger partial charge in [0.2, 0.25) is 5.54 Å². The van der Waals surface area contributed by atoms with Crippen LogP contribution in [-0.2, 0) is 0 Å². The number of nitrogens with zero attached hydrogens (tertiary/aromatic N) is 4. The van der Waals surface area contributed by atoms with Crippen LogP contribution in [0, 0.1) is 22.7 Å². The summed E-state index contributed by atoms with van der Waals surface area (Å²) in [6.45, 7) is 1.35. The van der Waals surface area contributed by atoms with E-state index in [4.69, 9.17) is 22.1 Å². The zero-order chi connectivity index (χ0) is 12.9. The lowest BCUT2D eigenvalue weighted by Crippen LogP contribution is -2.14. The highest BCUT2D eigenvalue weighted by atomic mass is 35.5. The molecule has 17 heavy (non-hydrogen) atoms. The fourth-order valence-corrected chi connectivity index (χ4v) is 1.01. The minimum atomic E-state index is -1.50. The first-order chi connectivity index (χ1) is 8.00. The highest BCUT2D eigenvalue weighted by Gasteiger charge is 2.21. The molecule has 0 atom stereocenters. The van der Waals surface area contributed by atoms with Gasteiger partial charge in [-0.05, 0) is 42.8 Å². The molecule has 0 amide bonds. The molecule has 0 aliphatic carbocycles. The lowest BCUT2D eigenvalue weighted by molar-refractivity contribution is 0.108. The maximum absolute atomic E-state index is 10.8. The average Bonchev–Trinajstić information content (AvgIpc) is 2.36. The quantitative estimate of drug-likeness (QED) is 0.606. The lowest BCUT2D eigenvalue weighted by Gasteiger charge is -2.02. The van der Waals surface area contributed by atoms with Gasteiger partial charge in [0.15, 0.2) is 0 Å². The van der Waals surface area contributed by atoms with Crippen molar-refractivity contribution in [3.05, 3.63) is 29.8 Å². The van der Waals surface area contributed by atoms with Gasteiger partial charge in [-0.15, -0.1) is 0 Å². The van der Waals surface area contributed by atoms with Crippen LogP contribution in [0.25, 0.3) is 0 Å². The molecule has 0 saturated heterocycles. The molecule has 0 N–H and O–H groups in total. The fraction of sp³-hybridized carbons (Fsp3) is 0.182. The topological polar surface area (TPSA) is 89.4 Å². The van der Waals surface area contributed by atoms with E-state index in [2.05, 4.69) is 10.2 Å². The van der Waals surface area contributed by atoms with Crippen LogP contribution >= 0.6 is 11.6 Å². The standard InChI is InChI=1S/C11H7ClN4O/c1-11(6-13,7-14)16-15-9-4-2-8(3-5-9)10(12)17/h2-5H,1H3. The molecular weight excluding hydrogens is 240 g/mol.